The molecule has 1 saturated heterocycles. The molecule has 0 spiro atoms. The molecule has 1 aromatic carbocycles. The van der Waals surface area contributed by atoms with Crippen molar-refractivity contribution in [3.05, 3.63) is 29.3 Å². The maximum atomic E-state index is 11.6. The molecular formula is C15H16N4O3S. The zero-order valence-electron chi connectivity index (χ0n) is 12.3. The van der Waals surface area contributed by atoms with Crippen LogP contribution in [0.4, 0.5) is 5.69 Å². The van der Waals surface area contributed by atoms with Gasteiger partial charge >= 0.3 is 5.97 Å². The van der Waals surface area contributed by atoms with E-state index >= 15 is 0 Å². The van der Waals surface area contributed by atoms with E-state index in [1.54, 1.807) is 6.21 Å². The Morgan fingerprint density at radius 3 is 3.17 bits per heavy atom. The first-order valence-corrected chi connectivity index (χ1v) is 8.17. The van der Waals surface area contributed by atoms with Gasteiger partial charge in [0.15, 0.2) is 5.17 Å². The van der Waals surface area contributed by atoms with Gasteiger partial charge in [-0.15, -0.1) is 5.10 Å². The summed E-state index contributed by atoms with van der Waals surface area (Å²) < 4.78 is 0. The molecule has 1 unspecified atom stereocenters. The number of carbonyl (C=O) groups is 2. The molecule has 0 aromatic heterocycles. The largest absolute Gasteiger partial charge is 0.481 e. The van der Waals surface area contributed by atoms with E-state index in [4.69, 9.17) is 5.11 Å². The Hall–Kier alpha value is -2.35. The first-order valence-electron chi connectivity index (χ1n) is 7.29. The summed E-state index contributed by atoms with van der Waals surface area (Å²) in [5, 5.41) is 22.3. The molecule has 0 bridgehead atoms. The van der Waals surface area contributed by atoms with Crippen LogP contribution in [0.3, 0.4) is 0 Å². The minimum Gasteiger partial charge on any atom is -0.481 e. The lowest BCUT2D eigenvalue weighted by atomic mass is 10.00. The highest BCUT2D eigenvalue weighted by Gasteiger charge is 2.32. The normalized spacial score (nSPS) is 22.0. The van der Waals surface area contributed by atoms with Crippen molar-refractivity contribution in [2.75, 3.05) is 11.9 Å². The molecular weight excluding hydrogens is 316 g/mol. The zero-order chi connectivity index (χ0) is 16.2. The summed E-state index contributed by atoms with van der Waals surface area (Å²) in [5.74, 6) is -1.35. The molecule has 1 atom stereocenters. The molecule has 2 heterocycles. The smallest absolute Gasteiger partial charge is 0.305 e. The van der Waals surface area contributed by atoms with Crippen LogP contribution in [-0.2, 0) is 16.0 Å². The molecule has 1 aromatic rings. The predicted molar refractivity (Wildman–Crippen MR) is 90.1 cm³/mol. The number of fused-ring (bicyclic) bond motifs is 1. The van der Waals surface area contributed by atoms with Crippen LogP contribution in [0, 0.1) is 0 Å². The van der Waals surface area contributed by atoms with Crippen LogP contribution in [0.2, 0.25) is 0 Å². The Labute approximate surface area is 137 Å². The maximum absolute atomic E-state index is 11.6. The maximum Gasteiger partial charge on any atom is 0.305 e. The number of carboxylic acids is 1. The van der Waals surface area contributed by atoms with Crippen molar-refractivity contribution in [2.45, 2.75) is 24.5 Å². The molecule has 1 fully saturated rings. The van der Waals surface area contributed by atoms with Crippen LogP contribution < -0.4 is 10.6 Å². The number of aryl methyl sites for hydroxylation is 1. The van der Waals surface area contributed by atoms with Crippen LogP contribution >= 0.6 is 11.8 Å². The number of benzene rings is 1. The van der Waals surface area contributed by atoms with Crippen LogP contribution in [0.25, 0.3) is 0 Å². The summed E-state index contributed by atoms with van der Waals surface area (Å²) in [5.41, 5.74) is 3.29. The molecule has 7 nitrogen and oxygen atoms in total. The van der Waals surface area contributed by atoms with Crippen molar-refractivity contribution >= 4 is 40.7 Å². The number of para-hydroxylation sites is 1. The Kier molecular flexibility index (Phi) is 4.61. The van der Waals surface area contributed by atoms with E-state index in [0.717, 1.165) is 42.4 Å². The number of thioether (sulfide) groups is 1. The second kappa shape index (κ2) is 6.82. The molecule has 23 heavy (non-hydrogen) atoms. The third kappa shape index (κ3) is 3.70. The lowest BCUT2D eigenvalue weighted by Gasteiger charge is -2.19. The highest BCUT2D eigenvalue weighted by atomic mass is 32.2. The number of anilines is 1. The van der Waals surface area contributed by atoms with Crippen LogP contribution in [0.5, 0.6) is 0 Å². The minimum absolute atomic E-state index is 0.227. The summed E-state index contributed by atoms with van der Waals surface area (Å²) in [6.07, 6.45) is 3.57. The molecule has 3 rings (SSSR count). The lowest BCUT2D eigenvalue weighted by molar-refractivity contribution is -0.138. The third-order valence-corrected chi connectivity index (χ3v) is 4.66. The Morgan fingerprint density at radius 2 is 2.35 bits per heavy atom. The van der Waals surface area contributed by atoms with Gasteiger partial charge in [0, 0.05) is 17.8 Å². The van der Waals surface area contributed by atoms with Crippen molar-refractivity contribution in [3.63, 3.8) is 0 Å². The number of rotatable bonds is 4. The van der Waals surface area contributed by atoms with Gasteiger partial charge in [0.05, 0.1) is 12.6 Å². The van der Waals surface area contributed by atoms with Gasteiger partial charge in [-0.1, -0.05) is 30.0 Å². The summed E-state index contributed by atoms with van der Waals surface area (Å²) >= 11 is 1.09. The summed E-state index contributed by atoms with van der Waals surface area (Å²) in [6, 6.07) is 6.03. The quantitative estimate of drug-likeness (QED) is 0.572. The van der Waals surface area contributed by atoms with E-state index < -0.39 is 11.2 Å². The molecule has 0 saturated carbocycles. The van der Waals surface area contributed by atoms with E-state index in [0.29, 0.717) is 5.17 Å². The topological polar surface area (TPSA) is 103 Å². The van der Waals surface area contributed by atoms with E-state index in [1.807, 2.05) is 12.1 Å². The van der Waals surface area contributed by atoms with Gasteiger partial charge in [-0.05, 0) is 18.4 Å². The Bertz CT molecular complexity index is 702. The van der Waals surface area contributed by atoms with E-state index in [1.165, 1.54) is 5.56 Å². The first kappa shape index (κ1) is 15.5. The van der Waals surface area contributed by atoms with Crippen LogP contribution in [0.15, 0.2) is 28.4 Å². The van der Waals surface area contributed by atoms with Crippen molar-refractivity contribution in [2.24, 2.45) is 10.2 Å². The summed E-state index contributed by atoms with van der Waals surface area (Å²) in [4.78, 5) is 22.3. The molecule has 2 aliphatic heterocycles. The number of nitrogens with one attached hydrogen (secondary N) is 2. The minimum atomic E-state index is -1.01. The van der Waals surface area contributed by atoms with Crippen molar-refractivity contribution in [3.8, 4) is 0 Å². The monoisotopic (exact) mass is 332 g/mol. The Balaban J connectivity index is 1.70. The van der Waals surface area contributed by atoms with Gasteiger partial charge in [0.2, 0.25) is 5.91 Å². The third-order valence-electron chi connectivity index (χ3n) is 3.59. The van der Waals surface area contributed by atoms with Gasteiger partial charge in [-0.25, -0.2) is 0 Å². The molecule has 1 amide bonds. The summed E-state index contributed by atoms with van der Waals surface area (Å²) in [7, 11) is 0. The van der Waals surface area contributed by atoms with E-state index in [2.05, 4.69) is 26.9 Å². The fourth-order valence-electron chi connectivity index (χ4n) is 2.53. The molecule has 3 N–H and O–H groups in total. The van der Waals surface area contributed by atoms with Crippen LogP contribution in [-0.4, -0.2) is 40.2 Å². The SMILES string of the molecule is O=C(O)CC1SC(=NN=Cc2cccc3c2NCCC3)NC1=O. The highest BCUT2D eigenvalue weighted by Crippen LogP contribution is 2.25. The molecule has 0 aliphatic carbocycles. The molecule has 2 aliphatic rings. The van der Waals surface area contributed by atoms with Crippen molar-refractivity contribution < 1.29 is 14.7 Å². The molecule has 120 valence electrons. The van der Waals surface area contributed by atoms with Crippen LogP contribution in [0.1, 0.15) is 24.0 Å². The van der Waals surface area contributed by atoms with E-state index in [-0.39, 0.29) is 12.3 Å². The van der Waals surface area contributed by atoms with Crippen molar-refractivity contribution in [1.29, 1.82) is 0 Å². The summed E-state index contributed by atoms with van der Waals surface area (Å²) in [6.45, 7) is 0.940. The van der Waals surface area contributed by atoms with Gasteiger partial charge < -0.3 is 15.7 Å². The number of carbonyl (C=O) groups excluding carboxylic acids is 1. The van der Waals surface area contributed by atoms with Gasteiger partial charge in [-0.3, -0.25) is 9.59 Å². The first-order chi connectivity index (χ1) is 11.1. The fraction of sp³-hybridized carbons (Fsp3) is 0.333. The highest BCUT2D eigenvalue weighted by molar-refractivity contribution is 8.15. The van der Waals surface area contributed by atoms with Gasteiger partial charge in [-0.2, -0.15) is 5.10 Å². The van der Waals surface area contributed by atoms with Gasteiger partial charge in [0.1, 0.15) is 5.25 Å². The average Bonchev–Trinajstić information content (AvgIpc) is 2.87. The Morgan fingerprint density at radius 1 is 1.48 bits per heavy atom. The number of amides is 1. The number of hydrogen-bond acceptors (Lipinski definition) is 6. The van der Waals surface area contributed by atoms with Gasteiger partial charge in [0.25, 0.3) is 0 Å². The predicted octanol–water partition coefficient (Wildman–Crippen LogP) is 1.44. The lowest BCUT2D eigenvalue weighted by Crippen LogP contribution is -2.26. The number of aliphatic carboxylic acids is 1. The number of carboxylic acid groups (broad SMARTS) is 1. The second-order valence-electron chi connectivity index (χ2n) is 5.26. The second-order valence-corrected chi connectivity index (χ2v) is 6.45. The number of hydrogen-bond donors (Lipinski definition) is 3. The molecule has 8 heteroatoms. The zero-order valence-corrected chi connectivity index (χ0v) is 13.1. The molecule has 0 radical (unpaired) electrons. The number of amidine groups is 1. The van der Waals surface area contributed by atoms with Crippen molar-refractivity contribution in [1.82, 2.24) is 5.32 Å². The number of nitrogens with zero attached hydrogens (tertiary/aromatic N) is 2. The average molecular weight is 332 g/mol. The van der Waals surface area contributed by atoms with E-state index in [9.17, 15) is 9.59 Å². The standard InChI is InChI=1S/C15H16N4O3S/c20-12(21)7-11-14(22)18-15(23-11)19-17-8-10-4-1-3-9-5-2-6-16-13(9)10/h1,3-4,8,11,16H,2,5-7H2,(H,20,21)(H,18,19,22). The fourth-order valence-corrected chi connectivity index (χ4v) is 3.45.